The lowest BCUT2D eigenvalue weighted by Gasteiger charge is -2.29. The molecule has 1 heterocycles. The smallest absolute Gasteiger partial charge is 0.0684 e. The fourth-order valence-corrected chi connectivity index (χ4v) is 2.88. The summed E-state index contributed by atoms with van der Waals surface area (Å²) in [5, 5.41) is 11.4. The van der Waals surface area contributed by atoms with Gasteiger partial charge in [0.05, 0.1) is 13.2 Å². The zero-order valence-corrected chi connectivity index (χ0v) is 12.6. The molecule has 2 aromatic rings. The van der Waals surface area contributed by atoms with Crippen molar-refractivity contribution in [1.29, 1.82) is 0 Å². The minimum Gasteiger partial charge on any atom is -0.392 e. The van der Waals surface area contributed by atoms with E-state index in [1.165, 1.54) is 10.6 Å². The molecule has 0 atom stereocenters. The Morgan fingerprint density at radius 1 is 1.26 bits per heavy atom. The minimum atomic E-state index is 0.110. The first-order valence-corrected chi connectivity index (χ1v) is 7.49. The van der Waals surface area contributed by atoms with Crippen LogP contribution in [0.25, 0.3) is 0 Å². The lowest BCUT2D eigenvalue weighted by atomic mass is 10.1. The van der Waals surface area contributed by atoms with E-state index in [4.69, 9.17) is 0 Å². The average molecular weight is 275 g/mol. The van der Waals surface area contributed by atoms with Gasteiger partial charge in [-0.1, -0.05) is 12.1 Å². The number of hydrogen-bond acceptors (Lipinski definition) is 3. The van der Waals surface area contributed by atoms with Crippen molar-refractivity contribution in [3.63, 3.8) is 0 Å². The summed E-state index contributed by atoms with van der Waals surface area (Å²) in [5.74, 6) is 0. The van der Waals surface area contributed by atoms with Crippen LogP contribution in [0.5, 0.6) is 0 Å². The Bertz CT molecular complexity index is 520. The third kappa shape index (κ3) is 3.37. The van der Waals surface area contributed by atoms with Crippen molar-refractivity contribution in [3.05, 3.63) is 51.7 Å². The zero-order valence-electron chi connectivity index (χ0n) is 11.8. The highest BCUT2D eigenvalue weighted by atomic mass is 32.1. The second-order valence-corrected chi connectivity index (χ2v) is 6.10. The van der Waals surface area contributed by atoms with Crippen LogP contribution in [0.1, 0.15) is 29.9 Å². The zero-order chi connectivity index (χ0) is 13.8. The third-order valence-corrected chi connectivity index (χ3v) is 4.22. The number of aliphatic hydroxyl groups excluding tert-OH is 1. The Labute approximate surface area is 119 Å². The fourth-order valence-electron chi connectivity index (χ4n) is 2.18. The van der Waals surface area contributed by atoms with Crippen LogP contribution in [0.3, 0.4) is 0 Å². The van der Waals surface area contributed by atoms with E-state index in [1.54, 1.807) is 11.3 Å². The molecule has 0 bridgehead atoms. The first kappa shape index (κ1) is 14.1. The molecule has 1 N–H and O–H groups in total. The van der Waals surface area contributed by atoms with Crippen LogP contribution in [-0.4, -0.2) is 11.1 Å². The Morgan fingerprint density at radius 3 is 2.58 bits per heavy atom. The summed E-state index contributed by atoms with van der Waals surface area (Å²) in [4.78, 5) is 3.76. The lowest BCUT2D eigenvalue weighted by Crippen LogP contribution is -2.29. The number of thiophene rings is 1. The van der Waals surface area contributed by atoms with Crippen LogP contribution in [0, 0.1) is 6.92 Å². The molecule has 0 aliphatic rings. The van der Waals surface area contributed by atoms with Gasteiger partial charge in [-0.3, -0.25) is 0 Å². The first-order valence-electron chi connectivity index (χ1n) is 6.61. The summed E-state index contributed by atoms with van der Waals surface area (Å²) in [5.41, 5.74) is 3.37. The molecule has 0 aliphatic carbocycles. The van der Waals surface area contributed by atoms with Gasteiger partial charge in [-0.15, -0.1) is 11.3 Å². The van der Waals surface area contributed by atoms with E-state index in [0.717, 1.165) is 17.7 Å². The normalized spacial score (nSPS) is 11.0. The number of rotatable bonds is 5. The van der Waals surface area contributed by atoms with E-state index in [-0.39, 0.29) is 6.61 Å². The Kier molecular flexibility index (Phi) is 4.61. The largest absolute Gasteiger partial charge is 0.392 e. The number of benzene rings is 1. The van der Waals surface area contributed by atoms with Gasteiger partial charge < -0.3 is 10.0 Å². The fraction of sp³-hybridized carbons (Fsp3) is 0.375. The molecule has 0 radical (unpaired) electrons. The van der Waals surface area contributed by atoms with Gasteiger partial charge in [0.2, 0.25) is 0 Å². The van der Waals surface area contributed by atoms with Gasteiger partial charge in [-0.2, -0.15) is 0 Å². The molecule has 2 nitrogen and oxygen atoms in total. The molecule has 19 heavy (non-hydrogen) atoms. The van der Waals surface area contributed by atoms with E-state index >= 15 is 0 Å². The van der Waals surface area contributed by atoms with Gasteiger partial charge in [-0.05, 0) is 55.5 Å². The van der Waals surface area contributed by atoms with E-state index in [9.17, 15) is 5.11 Å². The quantitative estimate of drug-likeness (QED) is 0.892. The SMILES string of the molecule is Cc1cc(N(Cc2cccs2)C(C)C)ccc1CO. The maximum absolute atomic E-state index is 9.25. The van der Waals surface area contributed by atoms with Crippen LogP contribution in [0.4, 0.5) is 5.69 Å². The monoisotopic (exact) mass is 275 g/mol. The summed E-state index contributed by atoms with van der Waals surface area (Å²) in [6, 6.07) is 11.0. The second-order valence-electron chi connectivity index (χ2n) is 5.07. The Hall–Kier alpha value is -1.32. The molecule has 0 amide bonds. The van der Waals surface area contributed by atoms with Gasteiger partial charge in [0.1, 0.15) is 0 Å². The van der Waals surface area contributed by atoms with Gasteiger partial charge in [-0.25, -0.2) is 0 Å². The van der Waals surface area contributed by atoms with Gasteiger partial charge in [0.25, 0.3) is 0 Å². The van der Waals surface area contributed by atoms with E-state index < -0.39 is 0 Å². The molecular weight excluding hydrogens is 254 g/mol. The van der Waals surface area contributed by atoms with Gasteiger partial charge >= 0.3 is 0 Å². The summed E-state index contributed by atoms with van der Waals surface area (Å²) in [6.07, 6.45) is 0. The molecule has 0 aliphatic heterocycles. The highest BCUT2D eigenvalue weighted by molar-refractivity contribution is 7.09. The third-order valence-electron chi connectivity index (χ3n) is 3.36. The summed E-state index contributed by atoms with van der Waals surface area (Å²) in [6.45, 7) is 7.52. The molecule has 1 aromatic heterocycles. The second kappa shape index (κ2) is 6.22. The van der Waals surface area contributed by atoms with Crippen LogP contribution >= 0.6 is 11.3 Å². The highest BCUT2D eigenvalue weighted by Gasteiger charge is 2.12. The topological polar surface area (TPSA) is 23.5 Å². The number of anilines is 1. The van der Waals surface area contributed by atoms with Crippen molar-refractivity contribution < 1.29 is 5.11 Å². The van der Waals surface area contributed by atoms with Crippen LogP contribution in [0.15, 0.2) is 35.7 Å². The van der Waals surface area contributed by atoms with Crippen LogP contribution < -0.4 is 4.90 Å². The molecule has 0 unspecified atom stereocenters. The number of aliphatic hydroxyl groups is 1. The summed E-state index contributed by atoms with van der Waals surface area (Å²) in [7, 11) is 0. The number of nitrogens with zero attached hydrogens (tertiary/aromatic N) is 1. The molecule has 0 saturated heterocycles. The van der Waals surface area contributed by atoms with Crippen molar-refractivity contribution in [2.45, 2.75) is 40.0 Å². The lowest BCUT2D eigenvalue weighted by molar-refractivity contribution is 0.281. The predicted molar refractivity (Wildman–Crippen MR) is 82.7 cm³/mol. The van der Waals surface area contributed by atoms with Gasteiger partial charge in [0.15, 0.2) is 0 Å². The molecule has 0 fully saturated rings. The molecule has 0 spiro atoms. The highest BCUT2D eigenvalue weighted by Crippen LogP contribution is 2.24. The molecule has 102 valence electrons. The standard InChI is InChI=1S/C16H21NOS/c1-12(2)17(10-16-5-4-8-19-16)15-7-6-14(11-18)13(3)9-15/h4-9,12,18H,10-11H2,1-3H3. The average Bonchev–Trinajstić information content (AvgIpc) is 2.88. The maximum atomic E-state index is 9.25. The van der Waals surface area contributed by atoms with Crippen LogP contribution in [0.2, 0.25) is 0 Å². The van der Waals surface area contributed by atoms with Crippen molar-refractivity contribution in [2.75, 3.05) is 4.90 Å². The number of hydrogen-bond donors (Lipinski definition) is 1. The Morgan fingerprint density at radius 2 is 2.05 bits per heavy atom. The van der Waals surface area contributed by atoms with Gasteiger partial charge in [0, 0.05) is 16.6 Å². The van der Waals surface area contributed by atoms with Crippen molar-refractivity contribution >= 4 is 17.0 Å². The summed E-state index contributed by atoms with van der Waals surface area (Å²) >= 11 is 1.79. The molecule has 2 rings (SSSR count). The molecule has 0 saturated carbocycles. The van der Waals surface area contributed by atoms with Crippen molar-refractivity contribution in [1.82, 2.24) is 0 Å². The predicted octanol–water partition coefficient (Wildman–Crippen LogP) is 3.96. The van der Waals surface area contributed by atoms with E-state index in [2.05, 4.69) is 55.3 Å². The molecule has 1 aromatic carbocycles. The van der Waals surface area contributed by atoms with Crippen LogP contribution in [-0.2, 0) is 13.2 Å². The van der Waals surface area contributed by atoms with Crippen molar-refractivity contribution in [2.24, 2.45) is 0 Å². The van der Waals surface area contributed by atoms with E-state index in [1.807, 2.05) is 6.07 Å². The minimum absolute atomic E-state index is 0.110. The first-order chi connectivity index (χ1) is 9.11. The summed E-state index contributed by atoms with van der Waals surface area (Å²) < 4.78 is 0. The Balaban J connectivity index is 2.26. The molecule has 3 heteroatoms. The molecular formula is C16H21NOS. The number of aryl methyl sites for hydroxylation is 1. The van der Waals surface area contributed by atoms with Crippen molar-refractivity contribution in [3.8, 4) is 0 Å². The maximum Gasteiger partial charge on any atom is 0.0684 e. The van der Waals surface area contributed by atoms with E-state index in [0.29, 0.717) is 6.04 Å².